The zero-order valence-electron chi connectivity index (χ0n) is 10.0. The van der Waals surface area contributed by atoms with E-state index in [2.05, 4.69) is 26.6 Å². The van der Waals surface area contributed by atoms with Crippen molar-refractivity contribution in [1.82, 2.24) is 10.6 Å². The van der Waals surface area contributed by atoms with Gasteiger partial charge >= 0.3 is 0 Å². The normalized spacial score (nSPS) is 21.8. The fraction of sp³-hybridized carbons (Fsp3) is 0.417. The first kappa shape index (κ1) is 16.4. The van der Waals surface area contributed by atoms with Crippen molar-refractivity contribution in [2.75, 3.05) is 19.6 Å². The number of halogens is 3. The van der Waals surface area contributed by atoms with E-state index in [9.17, 15) is 14.3 Å². The molecule has 1 fully saturated rings. The van der Waals surface area contributed by atoms with Crippen LogP contribution in [-0.2, 0) is 0 Å². The average Bonchev–Trinajstić information content (AvgIpc) is 2.75. The van der Waals surface area contributed by atoms with Gasteiger partial charge in [0.1, 0.15) is 5.82 Å². The Morgan fingerprint density at radius 1 is 1.53 bits per heavy atom. The highest BCUT2D eigenvalue weighted by Crippen LogP contribution is 2.17. The molecule has 2 rings (SSSR count). The molecule has 0 spiro atoms. The number of hydrogen-bond acceptors (Lipinski definition) is 3. The van der Waals surface area contributed by atoms with Gasteiger partial charge in [-0.1, -0.05) is 0 Å². The zero-order chi connectivity index (χ0) is 13.1. The molecule has 1 aliphatic rings. The Labute approximate surface area is 125 Å². The fourth-order valence-electron chi connectivity index (χ4n) is 1.89. The van der Waals surface area contributed by atoms with Gasteiger partial charge in [-0.2, -0.15) is 0 Å². The van der Waals surface area contributed by atoms with Crippen LogP contribution in [0.5, 0.6) is 0 Å². The summed E-state index contributed by atoms with van der Waals surface area (Å²) in [5.74, 6) is -0.644. The van der Waals surface area contributed by atoms with E-state index < -0.39 is 11.9 Å². The Morgan fingerprint density at radius 3 is 2.84 bits per heavy atom. The Kier molecular flexibility index (Phi) is 6.19. The van der Waals surface area contributed by atoms with Gasteiger partial charge in [0, 0.05) is 31.1 Å². The zero-order valence-corrected chi connectivity index (χ0v) is 12.4. The fourth-order valence-corrected chi connectivity index (χ4v) is 2.27. The minimum absolute atomic E-state index is 0. The standard InChI is InChI=1S/C12H14BrFN2O2.ClH/c13-9-3-7(1-2-10(9)14)12(18)16-5-8-4-15-6-11(8)17;/h1-3,8,11,15,17H,4-6H2,(H,16,18);1H. The van der Waals surface area contributed by atoms with Crippen molar-refractivity contribution in [3.05, 3.63) is 34.1 Å². The number of hydrogen-bond donors (Lipinski definition) is 3. The van der Waals surface area contributed by atoms with Gasteiger partial charge in [-0.05, 0) is 34.1 Å². The summed E-state index contributed by atoms with van der Waals surface area (Å²) in [6.07, 6.45) is -0.426. The number of aliphatic hydroxyl groups is 1. The Hall–Kier alpha value is -0.690. The lowest BCUT2D eigenvalue weighted by atomic mass is 10.1. The molecule has 0 aromatic heterocycles. The summed E-state index contributed by atoms with van der Waals surface area (Å²) in [6.45, 7) is 1.65. The Morgan fingerprint density at radius 2 is 2.26 bits per heavy atom. The summed E-state index contributed by atoms with van der Waals surface area (Å²) in [5.41, 5.74) is 0.392. The maximum atomic E-state index is 13.0. The van der Waals surface area contributed by atoms with Crippen molar-refractivity contribution in [3.8, 4) is 0 Å². The molecule has 2 unspecified atom stereocenters. The summed E-state index contributed by atoms with van der Waals surface area (Å²) in [5, 5.41) is 15.4. The highest BCUT2D eigenvalue weighted by molar-refractivity contribution is 9.10. The minimum atomic E-state index is -0.426. The summed E-state index contributed by atoms with van der Waals surface area (Å²) >= 11 is 3.04. The maximum absolute atomic E-state index is 13.0. The molecule has 19 heavy (non-hydrogen) atoms. The smallest absolute Gasteiger partial charge is 0.251 e. The van der Waals surface area contributed by atoms with Crippen LogP contribution in [-0.4, -0.2) is 36.8 Å². The number of amides is 1. The van der Waals surface area contributed by atoms with Crippen LogP contribution in [0, 0.1) is 11.7 Å². The second-order valence-corrected chi connectivity index (χ2v) is 5.18. The number of benzene rings is 1. The lowest BCUT2D eigenvalue weighted by Gasteiger charge is -2.14. The molecule has 0 radical (unpaired) electrons. The van der Waals surface area contributed by atoms with Gasteiger partial charge in [-0.15, -0.1) is 12.4 Å². The highest BCUT2D eigenvalue weighted by atomic mass is 79.9. The van der Waals surface area contributed by atoms with Crippen LogP contribution in [0.25, 0.3) is 0 Å². The molecule has 1 aromatic rings. The lowest BCUT2D eigenvalue weighted by Crippen LogP contribution is -2.34. The van der Waals surface area contributed by atoms with E-state index in [1.165, 1.54) is 18.2 Å². The van der Waals surface area contributed by atoms with E-state index in [1.807, 2.05) is 0 Å². The predicted molar refractivity (Wildman–Crippen MR) is 76.0 cm³/mol. The third kappa shape index (κ3) is 4.14. The van der Waals surface area contributed by atoms with Gasteiger partial charge in [-0.25, -0.2) is 4.39 Å². The number of rotatable bonds is 3. The van der Waals surface area contributed by atoms with Crippen molar-refractivity contribution >= 4 is 34.2 Å². The maximum Gasteiger partial charge on any atom is 0.251 e. The molecule has 1 aliphatic heterocycles. The molecule has 2 atom stereocenters. The number of aliphatic hydroxyl groups excluding tert-OH is 1. The van der Waals surface area contributed by atoms with Crippen LogP contribution >= 0.6 is 28.3 Å². The first-order valence-corrected chi connectivity index (χ1v) is 6.49. The van der Waals surface area contributed by atoms with E-state index in [0.717, 1.165) is 0 Å². The second kappa shape index (κ2) is 7.19. The number of nitrogens with one attached hydrogen (secondary N) is 2. The van der Waals surface area contributed by atoms with Crippen LogP contribution in [0.3, 0.4) is 0 Å². The highest BCUT2D eigenvalue weighted by Gasteiger charge is 2.25. The van der Waals surface area contributed by atoms with Crippen LogP contribution in [0.1, 0.15) is 10.4 Å². The van der Waals surface area contributed by atoms with Crippen LogP contribution < -0.4 is 10.6 Å². The van der Waals surface area contributed by atoms with Crippen molar-refractivity contribution in [3.63, 3.8) is 0 Å². The van der Waals surface area contributed by atoms with Crippen molar-refractivity contribution in [1.29, 1.82) is 0 Å². The molecule has 0 saturated carbocycles. The molecular formula is C12H15BrClFN2O2. The third-order valence-corrected chi connectivity index (χ3v) is 3.62. The predicted octanol–water partition coefficient (Wildman–Crippen LogP) is 1.32. The molecule has 0 aliphatic carbocycles. The van der Waals surface area contributed by atoms with E-state index in [-0.39, 0.29) is 28.7 Å². The third-order valence-electron chi connectivity index (χ3n) is 3.01. The average molecular weight is 354 g/mol. The number of β-amino-alcohol motifs (C(OH)–C–C–N with tert-alkyl or cyclic N) is 1. The summed E-state index contributed by atoms with van der Waals surface area (Å²) < 4.78 is 13.3. The second-order valence-electron chi connectivity index (χ2n) is 4.32. The van der Waals surface area contributed by atoms with Crippen LogP contribution in [0.4, 0.5) is 4.39 Å². The van der Waals surface area contributed by atoms with E-state index in [1.54, 1.807) is 0 Å². The van der Waals surface area contributed by atoms with Gasteiger partial charge in [0.05, 0.1) is 10.6 Å². The van der Waals surface area contributed by atoms with Crippen molar-refractivity contribution < 1.29 is 14.3 Å². The minimum Gasteiger partial charge on any atom is -0.391 e. The molecule has 1 amide bonds. The molecular weight excluding hydrogens is 338 g/mol. The monoisotopic (exact) mass is 352 g/mol. The van der Waals surface area contributed by atoms with Crippen LogP contribution in [0.15, 0.2) is 22.7 Å². The van der Waals surface area contributed by atoms with Crippen molar-refractivity contribution in [2.24, 2.45) is 5.92 Å². The summed E-state index contributed by atoms with van der Waals surface area (Å²) in [4.78, 5) is 11.8. The molecule has 4 nitrogen and oxygen atoms in total. The van der Waals surface area contributed by atoms with Gasteiger partial charge in [0.2, 0.25) is 0 Å². The van der Waals surface area contributed by atoms with Gasteiger partial charge in [-0.3, -0.25) is 4.79 Å². The first-order valence-electron chi connectivity index (χ1n) is 5.70. The van der Waals surface area contributed by atoms with E-state index >= 15 is 0 Å². The molecule has 1 aromatic carbocycles. The van der Waals surface area contributed by atoms with Crippen LogP contribution in [0.2, 0.25) is 0 Å². The first-order chi connectivity index (χ1) is 8.58. The van der Waals surface area contributed by atoms with Gasteiger partial charge < -0.3 is 15.7 Å². The molecule has 1 saturated heterocycles. The molecule has 0 bridgehead atoms. The molecule has 7 heteroatoms. The summed E-state index contributed by atoms with van der Waals surface area (Å²) in [6, 6.07) is 4.11. The van der Waals surface area contributed by atoms with Gasteiger partial charge in [0.25, 0.3) is 5.91 Å². The van der Waals surface area contributed by atoms with Gasteiger partial charge in [0.15, 0.2) is 0 Å². The van der Waals surface area contributed by atoms with Crippen molar-refractivity contribution in [2.45, 2.75) is 6.10 Å². The lowest BCUT2D eigenvalue weighted by molar-refractivity contribution is 0.0927. The summed E-state index contributed by atoms with van der Waals surface area (Å²) in [7, 11) is 0. The number of carbonyl (C=O) groups excluding carboxylic acids is 1. The topological polar surface area (TPSA) is 61.4 Å². The Balaban J connectivity index is 0.00000180. The molecule has 1 heterocycles. The quantitative estimate of drug-likeness (QED) is 0.768. The van der Waals surface area contributed by atoms with E-state index in [0.29, 0.717) is 25.2 Å². The molecule has 3 N–H and O–H groups in total. The van der Waals surface area contributed by atoms with E-state index in [4.69, 9.17) is 0 Å². The molecule has 106 valence electrons. The number of carbonyl (C=O) groups is 1. The Bertz CT molecular complexity index is 461. The largest absolute Gasteiger partial charge is 0.391 e. The SMILES string of the molecule is Cl.O=C(NCC1CNCC1O)c1ccc(F)c(Br)c1.